The van der Waals surface area contributed by atoms with Crippen molar-refractivity contribution in [2.75, 3.05) is 0 Å². The van der Waals surface area contributed by atoms with Crippen molar-refractivity contribution in [3.63, 3.8) is 0 Å². The fourth-order valence-electron chi connectivity index (χ4n) is 6.85. The van der Waals surface area contributed by atoms with Gasteiger partial charge in [-0.2, -0.15) is 0 Å². The average molecular weight is 393 g/mol. The maximum atomic E-state index is 13.3. The normalized spacial score (nSPS) is 42.6. The number of amides is 2. The maximum absolute atomic E-state index is 13.3. The second kappa shape index (κ2) is 8.11. The molecule has 5 fully saturated rings. The van der Waals surface area contributed by atoms with Crippen molar-refractivity contribution in [1.29, 1.82) is 0 Å². The Kier molecular flexibility index (Phi) is 5.58. The molecular weight excluding hydrogens is 356 g/mol. The van der Waals surface area contributed by atoms with Crippen LogP contribution in [0, 0.1) is 17.8 Å². The van der Waals surface area contributed by atoms with Gasteiger partial charge in [0.1, 0.15) is 5.50 Å². The highest BCUT2D eigenvalue weighted by molar-refractivity contribution is 7.98. The second-order valence-corrected chi connectivity index (χ2v) is 10.5. The summed E-state index contributed by atoms with van der Waals surface area (Å²) in [4.78, 5) is 15.6. The standard InChI is InChI=1S/C21H36N4OS/c26-21(23-20-22-19(24-27-20)14-8-2-1-3-9-14)25-17-12-6-4-10-15(17)16-11-5-7-13-18(16)25/h14-20,22,24H,1-13H2,(H,23,26). The highest BCUT2D eigenvalue weighted by Gasteiger charge is 2.51. The van der Waals surface area contributed by atoms with Gasteiger partial charge in [-0.1, -0.05) is 44.9 Å². The summed E-state index contributed by atoms with van der Waals surface area (Å²) in [6.07, 6.45) is 17.5. The summed E-state index contributed by atoms with van der Waals surface area (Å²) < 4.78 is 3.56. The van der Waals surface area contributed by atoms with Gasteiger partial charge >= 0.3 is 6.03 Å². The Morgan fingerprint density at radius 1 is 0.815 bits per heavy atom. The molecule has 2 heterocycles. The van der Waals surface area contributed by atoms with Crippen molar-refractivity contribution in [1.82, 2.24) is 20.3 Å². The SMILES string of the molecule is O=C(NC1NC(C2CCCCC2)NS1)N1C2CCCCC2C2CCCCC21. The topological polar surface area (TPSA) is 56.4 Å². The number of nitrogens with one attached hydrogen (secondary N) is 3. The van der Waals surface area contributed by atoms with Gasteiger partial charge < -0.3 is 10.2 Å². The molecule has 0 bridgehead atoms. The van der Waals surface area contributed by atoms with Gasteiger partial charge in [0.05, 0.1) is 6.17 Å². The highest BCUT2D eigenvalue weighted by atomic mass is 32.2. The summed E-state index contributed by atoms with van der Waals surface area (Å²) in [7, 11) is 0. The number of rotatable bonds is 2. The van der Waals surface area contributed by atoms with Crippen molar-refractivity contribution >= 4 is 18.0 Å². The minimum atomic E-state index is 0.00843. The van der Waals surface area contributed by atoms with Crippen LogP contribution in [0.3, 0.4) is 0 Å². The summed E-state index contributed by atoms with van der Waals surface area (Å²) in [5.41, 5.74) is 0.00843. The van der Waals surface area contributed by atoms with Crippen molar-refractivity contribution in [3.8, 4) is 0 Å². The van der Waals surface area contributed by atoms with Gasteiger partial charge in [-0.3, -0.25) is 5.32 Å². The molecule has 0 aromatic rings. The maximum Gasteiger partial charge on any atom is 0.319 e. The van der Waals surface area contributed by atoms with Crippen molar-refractivity contribution in [2.24, 2.45) is 17.8 Å². The molecule has 0 spiro atoms. The first kappa shape index (κ1) is 18.6. The fraction of sp³-hybridized carbons (Fsp3) is 0.952. The van der Waals surface area contributed by atoms with Crippen molar-refractivity contribution in [2.45, 2.75) is 107 Å². The predicted octanol–water partition coefficient (Wildman–Crippen LogP) is 4.16. The van der Waals surface area contributed by atoms with Gasteiger partial charge in [0.15, 0.2) is 0 Å². The molecule has 0 aromatic heterocycles. The van der Waals surface area contributed by atoms with Gasteiger partial charge in [0.25, 0.3) is 0 Å². The molecule has 27 heavy (non-hydrogen) atoms. The van der Waals surface area contributed by atoms with E-state index in [4.69, 9.17) is 0 Å². The Balaban J connectivity index is 1.22. The second-order valence-electron chi connectivity index (χ2n) is 9.55. The van der Waals surface area contributed by atoms with E-state index < -0.39 is 0 Å². The molecular formula is C21H36N4OS. The molecule has 3 saturated carbocycles. The average Bonchev–Trinajstić information content (AvgIpc) is 3.31. The Hall–Kier alpha value is -0.460. The van der Waals surface area contributed by atoms with Crippen LogP contribution in [0.15, 0.2) is 0 Å². The molecule has 2 amide bonds. The van der Waals surface area contributed by atoms with Gasteiger partial charge in [0, 0.05) is 12.1 Å². The molecule has 0 aromatic carbocycles. The van der Waals surface area contributed by atoms with Crippen LogP contribution < -0.4 is 15.4 Å². The first-order chi connectivity index (χ1) is 13.3. The molecule has 5 rings (SSSR count). The summed E-state index contributed by atoms with van der Waals surface area (Å²) in [6.45, 7) is 0. The Morgan fingerprint density at radius 2 is 1.41 bits per heavy atom. The smallest absolute Gasteiger partial charge is 0.318 e. The number of hydrogen-bond acceptors (Lipinski definition) is 4. The molecule has 3 N–H and O–H groups in total. The third kappa shape index (κ3) is 3.62. The summed E-state index contributed by atoms with van der Waals surface area (Å²) >= 11 is 1.67. The lowest BCUT2D eigenvalue weighted by Gasteiger charge is -2.35. The van der Waals surface area contributed by atoms with Gasteiger partial charge in [-0.15, -0.1) is 0 Å². The summed E-state index contributed by atoms with van der Waals surface area (Å²) in [5.74, 6) is 2.25. The fourth-order valence-corrected chi connectivity index (χ4v) is 7.76. The Bertz CT molecular complexity index is 518. The molecule has 6 unspecified atom stereocenters. The largest absolute Gasteiger partial charge is 0.319 e. The lowest BCUT2D eigenvalue weighted by molar-refractivity contribution is 0.143. The molecule has 0 radical (unpaired) electrons. The minimum absolute atomic E-state index is 0.00843. The van der Waals surface area contributed by atoms with E-state index in [1.165, 1.54) is 83.5 Å². The summed E-state index contributed by atoms with van der Waals surface area (Å²) in [6, 6.07) is 1.19. The molecule has 6 atom stereocenters. The third-order valence-corrected chi connectivity index (χ3v) is 8.96. The Morgan fingerprint density at radius 3 is 2.07 bits per heavy atom. The zero-order chi connectivity index (χ0) is 18.2. The minimum Gasteiger partial charge on any atom is -0.318 e. The van der Waals surface area contributed by atoms with Gasteiger partial charge in [-0.25, -0.2) is 9.52 Å². The third-order valence-electron chi connectivity index (χ3n) is 8.08. The van der Waals surface area contributed by atoms with Gasteiger partial charge in [0.2, 0.25) is 0 Å². The predicted molar refractivity (Wildman–Crippen MR) is 110 cm³/mol. The first-order valence-electron chi connectivity index (χ1n) is 11.6. The zero-order valence-electron chi connectivity index (χ0n) is 16.5. The van der Waals surface area contributed by atoms with Crippen LogP contribution >= 0.6 is 11.9 Å². The van der Waals surface area contributed by atoms with Crippen LogP contribution in [0.5, 0.6) is 0 Å². The zero-order valence-corrected chi connectivity index (χ0v) is 17.3. The van der Waals surface area contributed by atoms with E-state index in [1.807, 2.05) is 0 Å². The molecule has 2 aliphatic heterocycles. The van der Waals surface area contributed by atoms with E-state index in [1.54, 1.807) is 11.9 Å². The number of likely N-dealkylation sites (tertiary alicyclic amines) is 1. The van der Waals surface area contributed by atoms with E-state index in [9.17, 15) is 4.79 Å². The Labute approximate surface area is 168 Å². The molecule has 5 aliphatic rings. The van der Waals surface area contributed by atoms with Gasteiger partial charge in [-0.05, 0) is 68.2 Å². The number of nitrogens with zero attached hydrogens (tertiary/aromatic N) is 1. The van der Waals surface area contributed by atoms with Crippen LogP contribution in [-0.2, 0) is 0 Å². The number of carbonyl (C=O) groups excluding carboxylic acids is 1. The lowest BCUT2D eigenvalue weighted by Crippen LogP contribution is -2.54. The number of hydrogen-bond donors (Lipinski definition) is 3. The molecule has 3 aliphatic carbocycles. The van der Waals surface area contributed by atoms with Crippen LogP contribution in [0.4, 0.5) is 4.79 Å². The van der Waals surface area contributed by atoms with E-state index in [2.05, 4.69) is 20.3 Å². The molecule has 152 valence electrons. The van der Waals surface area contributed by atoms with Crippen molar-refractivity contribution < 1.29 is 4.79 Å². The quantitative estimate of drug-likeness (QED) is 0.618. The molecule has 6 heteroatoms. The van der Waals surface area contributed by atoms with E-state index in [0.717, 1.165) is 11.8 Å². The van der Waals surface area contributed by atoms with Crippen LogP contribution in [0.1, 0.15) is 83.5 Å². The molecule has 5 nitrogen and oxygen atoms in total. The lowest BCUT2D eigenvalue weighted by atomic mass is 9.73. The molecule has 2 saturated heterocycles. The van der Waals surface area contributed by atoms with Crippen molar-refractivity contribution in [3.05, 3.63) is 0 Å². The van der Waals surface area contributed by atoms with E-state index in [-0.39, 0.29) is 11.5 Å². The van der Waals surface area contributed by atoms with Crippen LogP contribution in [0.2, 0.25) is 0 Å². The summed E-state index contributed by atoms with van der Waals surface area (Å²) in [5, 5.41) is 6.98. The van der Waals surface area contributed by atoms with Crippen LogP contribution in [0.25, 0.3) is 0 Å². The highest BCUT2D eigenvalue weighted by Crippen LogP contribution is 2.49. The first-order valence-corrected chi connectivity index (χ1v) is 12.5. The number of carbonyl (C=O) groups is 1. The van der Waals surface area contributed by atoms with E-state index >= 15 is 0 Å². The number of urea groups is 1. The van der Waals surface area contributed by atoms with E-state index in [0.29, 0.717) is 24.2 Å². The monoisotopic (exact) mass is 392 g/mol. The number of fused-ring (bicyclic) bond motifs is 3. The van der Waals surface area contributed by atoms with Crippen LogP contribution in [-0.4, -0.2) is 34.7 Å².